The fraction of sp³-hybridized carbons (Fsp3) is 0.857. The Balaban J connectivity index is 2.75. The van der Waals surface area contributed by atoms with Crippen molar-refractivity contribution < 1.29 is 9.47 Å². The first-order valence-electron chi connectivity index (χ1n) is 3.22. The second-order valence-electron chi connectivity index (χ2n) is 2.38. The highest BCUT2D eigenvalue weighted by Gasteiger charge is 1.91. The zero-order valence-electron chi connectivity index (χ0n) is 6.22. The van der Waals surface area contributed by atoms with E-state index in [4.69, 9.17) is 4.74 Å². The summed E-state index contributed by atoms with van der Waals surface area (Å²) in [5.74, 6) is 0.606. The molecule has 0 aromatic rings. The summed E-state index contributed by atoms with van der Waals surface area (Å²) in [4.78, 5) is 0. The Morgan fingerprint density at radius 3 is 2.44 bits per heavy atom. The first-order valence-corrected chi connectivity index (χ1v) is 3.22. The number of rotatable bonds is 5. The smallest absolute Gasteiger partial charge is 0.0701 e. The van der Waals surface area contributed by atoms with E-state index in [1.165, 1.54) is 0 Å². The van der Waals surface area contributed by atoms with Crippen LogP contribution in [0.3, 0.4) is 0 Å². The van der Waals surface area contributed by atoms with Gasteiger partial charge in [0.05, 0.1) is 20.3 Å². The van der Waals surface area contributed by atoms with Gasteiger partial charge in [0.2, 0.25) is 0 Å². The molecule has 0 aliphatic rings. The summed E-state index contributed by atoms with van der Waals surface area (Å²) in [5.41, 5.74) is 0. The van der Waals surface area contributed by atoms with E-state index in [9.17, 15) is 0 Å². The molecule has 0 saturated carbocycles. The van der Waals surface area contributed by atoms with Crippen LogP contribution < -0.4 is 0 Å². The summed E-state index contributed by atoms with van der Waals surface area (Å²) in [6.45, 7) is 6.29. The van der Waals surface area contributed by atoms with Gasteiger partial charge in [0.1, 0.15) is 0 Å². The van der Waals surface area contributed by atoms with Crippen molar-refractivity contribution in [2.75, 3.05) is 19.8 Å². The Morgan fingerprint density at radius 2 is 2.00 bits per heavy atom. The highest BCUT2D eigenvalue weighted by molar-refractivity contribution is 4.38. The molecule has 1 radical (unpaired) electrons. The molecule has 0 aromatic heterocycles. The van der Waals surface area contributed by atoms with Crippen molar-refractivity contribution in [3.63, 3.8) is 0 Å². The zero-order chi connectivity index (χ0) is 7.11. The van der Waals surface area contributed by atoms with Gasteiger partial charge in [0.15, 0.2) is 0 Å². The van der Waals surface area contributed by atoms with Crippen LogP contribution in [0, 0.1) is 13.0 Å². The highest BCUT2D eigenvalue weighted by atomic mass is 16.5. The number of hydrogen-bond donors (Lipinski definition) is 0. The minimum atomic E-state index is 0.590. The Kier molecular flexibility index (Phi) is 5.99. The normalized spacial score (nSPS) is 10.7. The molecule has 0 bridgehead atoms. The van der Waals surface area contributed by atoms with Crippen LogP contribution in [0.5, 0.6) is 0 Å². The maximum absolute atomic E-state index is 5.17. The van der Waals surface area contributed by atoms with Crippen molar-refractivity contribution in [1.29, 1.82) is 0 Å². The molecule has 55 valence electrons. The predicted octanol–water partition coefficient (Wildman–Crippen LogP) is 1.47. The largest absolute Gasteiger partial charge is 0.379 e. The standard InChI is InChI=1S/C7H15O2/c1-7(2)6-9-5-4-8-3/h7H,3-6H2,1-2H3. The third kappa shape index (κ3) is 7.92. The molecular formula is C7H15O2. The van der Waals surface area contributed by atoms with E-state index in [0.29, 0.717) is 19.1 Å². The first kappa shape index (κ1) is 8.92. The number of hydrogen-bond acceptors (Lipinski definition) is 2. The monoisotopic (exact) mass is 131 g/mol. The van der Waals surface area contributed by atoms with Crippen LogP contribution in [-0.4, -0.2) is 19.8 Å². The summed E-state index contributed by atoms with van der Waals surface area (Å²) >= 11 is 0. The van der Waals surface area contributed by atoms with Crippen molar-refractivity contribution in [3.8, 4) is 0 Å². The lowest BCUT2D eigenvalue weighted by atomic mass is 10.2. The first-order chi connectivity index (χ1) is 4.27. The second-order valence-corrected chi connectivity index (χ2v) is 2.38. The van der Waals surface area contributed by atoms with Gasteiger partial charge in [-0.1, -0.05) is 13.8 Å². The summed E-state index contributed by atoms with van der Waals surface area (Å²) in [7, 11) is 3.22. The fourth-order valence-electron chi connectivity index (χ4n) is 0.437. The van der Waals surface area contributed by atoms with Gasteiger partial charge in [-0.15, -0.1) is 0 Å². The average Bonchev–Trinajstić information content (AvgIpc) is 1.80. The Morgan fingerprint density at radius 1 is 1.33 bits per heavy atom. The van der Waals surface area contributed by atoms with Crippen LogP contribution in [0.1, 0.15) is 13.8 Å². The lowest BCUT2D eigenvalue weighted by Crippen LogP contribution is -2.06. The molecule has 0 unspecified atom stereocenters. The molecule has 0 saturated heterocycles. The van der Waals surface area contributed by atoms with E-state index < -0.39 is 0 Å². The summed E-state index contributed by atoms with van der Waals surface area (Å²) < 4.78 is 9.72. The molecule has 0 rings (SSSR count). The lowest BCUT2D eigenvalue weighted by Gasteiger charge is -2.04. The maximum atomic E-state index is 5.17. The molecule has 0 fully saturated rings. The van der Waals surface area contributed by atoms with Crippen molar-refractivity contribution in [3.05, 3.63) is 7.11 Å². The molecule has 2 nitrogen and oxygen atoms in total. The van der Waals surface area contributed by atoms with Crippen LogP contribution in [0.15, 0.2) is 0 Å². The molecule has 2 heteroatoms. The lowest BCUT2D eigenvalue weighted by molar-refractivity contribution is 0.0675. The molecule has 0 aromatic carbocycles. The molecule has 0 atom stereocenters. The highest BCUT2D eigenvalue weighted by Crippen LogP contribution is 1.91. The van der Waals surface area contributed by atoms with Crippen LogP contribution in [0.4, 0.5) is 0 Å². The summed E-state index contributed by atoms with van der Waals surface area (Å²) in [5, 5.41) is 0. The minimum absolute atomic E-state index is 0.590. The van der Waals surface area contributed by atoms with Gasteiger partial charge < -0.3 is 9.47 Å². The van der Waals surface area contributed by atoms with Gasteiger partial charge in [-0.05, 0) is 5.92 Å². The number of ether oxygens (including phenoxy) is 2. The van der Waals surface area contributed by atoms with Crippen molar-refractivity contribution in [2.24, 2.45) is 5.92 Å². The molecule has 0 N–H and O–H groups in total. The maximum Gasteiger partial charge on any atom is 0.0701 e. The average molecular weight is 131 g/mol. The molecule has 0 spiro atoms. The van der Waals surface area contributed by atoms with Crippen molar-refractivity contribution in [1.82, 2.24) is 0 Å². The van der Waals surface area contributed by atoms with E-state index in [2.05, 4.69) is 25.7 Å². The second kappa shape index (κ2) is 6.05. The van der Waals surface area contributed by atoms with Crippen LogP contribution in [0.2, 0.25) is 0 Å². The van der Waals surface area contributed by atoms with Crippen LogP contribution in [0.25, 0.3) is 0 Å². The van der Waals surface area contributed by atoms with Crippen LogP contribution in [-0.2, 0) is 9.47 Å². The van der Waals surface area contributed by atoms with E-state index in [1.54, 1.807) is 0 Å². The Bertz CT molecular complexity index is 52.9. The van der Waals surface area contributed by atoms with Gasteiger partial charge in [-0.2, -0.15) is 0 Å². The fourth-order valence-corrected chi connectivity index (χ4v) is 0.437. The third-order valence-electron chi connectivity index (χ3n) is 0.823. The SMILES string of the molecule is [CH2]OCCOCC(C)C. The minimum Gasteiger partial charge on any atom is -0.379 e. The Hall–Kier alpha value is -0.0800. The molecule has 0 heterocycles. The molecule has 0 aliphatic heterocycles. The van der Waals surface area contributed by atoms with E-state index in [1.807, 2.05) is 0 Å². The van der Waals surface area contributed by atoms with Gasteiger partial charge >= 0.3 is 0 Å². The van der Waals surface area contributed by atoms with Crippen molar-refractivity contribution >= 4 is 0 Å². The third-order valence-corrected chi connectivity index (χ3v) is 0.823. The van der Waals surface area contributed by atoms with Crippen LogP contribution >= 0.6 is 0 Å². The molecule has 0 amide bonds. The Labute approximate surface area is 57.2 Å². The summed E-state index contributed by atoms with van der Waals surface area (Å²) in [6.07, 6.45) is 0. The predicted molar refractivity (Wildman–Crippen MR) is 37.0 cm³/mol. The molecule has 0 aliphatic carbocycles. The zero-order valence-corrected chi connectivity index (χ0v) is 6.22. The van der Waals surface area contributed by atoms with E-state index in [0.717, 1.165) is 6.61 Å². The molecule has 9 heavy (non-hydrogen) atoms. The van der Waals surface area contributed by atoms with Gasteiger partial charge in [0, 0.05) is 6.61 Å². The van der Waals surface area contributed by atoms with Gasteiger partial charge in [0.25, 0.3) is 0 Å². The van der Waals surface area contributed by atoms with E-state index >= 15 is 0 Å². The topological polar surface area (TPSA) is 18.5 Å². The summed E-state index contributed by atoms with van der Waals surface area (Å²) in [6, 6.07) is 0. The van der Waals surface area contributed by atoms with Crippen molar-refractivity contribution in [2.45, 2.75) is 13.8 Å². The molecular weight excluding hydrogens is 116 g/mol. The van der Waals surface area contributed by atoms with Gasteiger partial charge in [-0.25, -0.2) is 0 Å². The van der Waals surface area contributed by atoms with E-state index in [-0.39, 0.29) is 0 Å². The van der Waals surface area contributed by atoms with Gasteiger partial charge in [-0.3, -0.25) is 0 Å². The quantitative estimate of drug-likeness (QED) is 0.526.